The Morgan fingerprint density at radius 1 is 0.967 bits per heavy atom. The molecule has 0 atom stereocenters. The van der Waals surface area contributed by atoms with Crippen LogP contribution < -0.4 is 5.73 Å². The van der Waals surface area contributed by atoms with Gasteiger partial charge in [0.1, 0.15) is 0 Å². The summed E-state index contributed by atoms with van der Waals surface area (Å²) in [5.74, 6) is -0.409. The SMILES string of the molecule is CCc1c[c]c2c3c(C(N)=O)cccc3n(Cc3ccc4cc(C)ccc4c3)c2c1. The summed E-state index contributed by atoms with van der Waals surface area (Å²) in [5.41, 5.74) is 12.0. The van der Waals surface area contributed by atoms with Crippen molar-refractivity contribution in [3.63, 3.8) is 0 Å². The largest absolute Gasteiger partial charge is 0.366 e. The third kappa shape index (κ3) is 2.94. The third-order valence-corrected chi connectivity index (χ3v) is 5.93. The maximum Gasteiger partial charge on any atom is 0.249 e. The molecule has 0 bridgehead atoms. The zero-order valence-corrected chi connectivity index (χ0v) is 17.2. The maximum absolute atomic E-state index is 12.1. The average Bonchev–Trinajstić information content (AvgIpc) is 3.06. The molecule has 1 amide bonds. The number of amides is 1. The number of hydrogen-bond acceptors (Lipinski definition) is 1. The number of primary amides is 1. The topological polar surface area (TPSA) is 48.0 Å². The Balaban J connectivity index is 1.75. The van der Waals surface area contributed by atoms with E-state index in [0.29, 0.717) is 12.1 Å². The summed E-state index contributed by atoms with van der Waals surface area (Å²) in [6.07, 6.45) is 0.936. The molecule has 4 aromatic carbocycles. The fraction of sp³-hybridized carbons (Fsp3) is 0.148. The standard InChI is InChI=1S/C27H23N2O/c1-3-18-9-12-22-25(15-18)29(24-6-4-5-23(26(22)24)27(28)30)16-19-8-11-20-13-17(2)7-10-21(20)14-19/h4-11,13-15H,3,16H2,1-2H3,(H2,28,30). The molecule has 1 heterocycles. The van der Waals surface area contributed by atoms with Crippen LogP contribution >= 0.6 is 0 Å². The van der Waals surface area contributed by atoms with Crippen LogP contribution in [0.25, 0.3) is 32.6 Å². The van der Waals surface area contributed by atoms with Gasteiger partial charge in [0.25, 0.3) is 0 Å². The quantitative estimate of drug-likeness (QED) is 0.416. The summed E-state index contributed by atoms with van der Waals surface area (Å²) in [6.45, 7) is 4.97. The van der Waals surface area contributed by atoms with E-state index in [4.69, 9.17) is 5.73 Å². The Bertz CT molecular complexity index is 1440. The number of rotatable bonds is 4. The van der Waals surface area contributed by atoms with E-state index in [0.717, 1.165) is 28.2 Å². The molecule has 5 rings (SSSR count). The highest BCUT2D eigenvalue weighted by molar-refractivity contribution is 6.17. The molecule has 147 valence electrons. The molecule has 1 radical (unpaired) electrons. The Hall–Kier alpha value is -3.59. The molecule has 0 fully saturated rings. The fourth-order valence-corrected chi connectivity index (χ4v) is 4.37. The van der Waals surface area contributed by atoms with Crippen molar-refractivity contribution in [2.75, 3.05) is 0 Å². The molecular formula is C27H23N2O. The normalized spacial score (nSPS) is 11.5. The van der Waals surface area contributed by atoms with Gasteiger partial charge in [0.2, 0.25) is 5.91 Å². The van der Waals surface area contributed by atoms with Crippen LogP contribution in [0.2, 0.25) is 0 Å². The van der Waals surface area contributed by atoms with Crippen LogP contribution in [0.3, 0.4) is 0 Å². The van der Waals surface area contributed by atoms with Gasteiger partial charge in [0, 0.05) is 22.9 Å². The second kappa shape index (κ2) is 7.03. The molecule has 5 aromatic rings. The second-order valence-corrected chi connectivity index (χ2v) is 7.96. The molecule has 0 saturated carbocycles. The van der Waals surface area contributed by atoms with Crippen LogP contribution in [0.15, 0.2) is 66.7 Å². The summed E-state index contributed by atoms with van der Waals surface area (Å²) in [4.78, 5) is 12.1. The Kier molecular flexibility index (Phi) is 4.32. The number of benzene rings is 4. The van der Waals surface area contributed by atoms with Gasteiger partial charge in [0.05, 0.1) is 11.0 Å². The van der Waals surface area contributed by atoms with Crippen molar-refractivity contribution < 1.29 is 4.79 Å². The van der Waals surface area contributed by atoms with E-state index < -0.39 is 5.91 Å². The number of carbonyl (C=O) groups is 1. The van der Waals surface area contributed by atoms with Crippen molar-refractivity contribution >= 4 is 38.5 Å². The number of hydrogen-bond donors (Lipinski definition) is 1. The number of fused-ring (bicyclic) bond motifs is 4. The van der Waals surface area contributed by atoms with Crippen molar-refractivity contribution in [2.24, 2.45) is 5.73 Å². The smallest absolute Gasteiger partial charge is 0.249 e. The summed E-state index contributed by atoms with van der Waals surface area (Å²) in [5, 5.41) is 4.32. The lowest BCUT2D eigenvalue weighted by molar-refractivity contribution is 0.100. The van der Waals surface area contributed by atoms with Gasteiger partial charge in [-0.1, -0.05) is 55.0 Å². The first-order chi connectivity index (χ1) is 14.5. The van der Waals surface area contributed by atoms with E-state index in [1.165, 1.54) is 27.5 Å². The summed E-state index contributed by atoms with van der Waals surface area (Å²) in [6, 6.07) is 26.6. The summed E-state index contributed by atoms with van der Waals surface area (Å²) < 4.78 is 2.28. The average molecular weight is 391 g/mol. The second-order valence-electron chi connectivity index (χ2n) is 7.96. The van der Waals surface area contributed by atoms with Crippen molar-refractivity contribution in [1.29, 1.82) is 0 Å². The minimum atomic E-state index is -0.409. The van der Waals surface area contributed by atoms with Crippen LogP contribution in [-0.4, -0.2) is 10.5 Å². The highest BCUT2D eigenvalue weighted by atomic mass is 16.1. The van der Waals surface area contributed by atoms with Crippen molar-refractivity contribution in [1.82, 2.24) is 4.57 Å². The molecule has 0 aliphatic carbocycles. The molecule has 0 saturated heterocycles. The maximum atomic E-state index is 12.1. The lowest BCUT2D eigenvalue weighted by Crippen LogP contribution is -2.11. The first-order valence-electron chi connectivity index (χ1n) is 10.3. The van der Waals surface area contributed by atoms with Gasteiger partial charge >= 0.3 is 0 Å². The van der Waals surface area contributed by atoms with Crippen LogP contribution in [0.5, 0.6) is 0 Å². The van der Waals surface area contributed by atoms with E-state index in [9.17, 15) is 4.79 Å². The predicted octanol–water partition coefficient (Wildman–Crippen LogP) is 5.77. The van der Waals surface area contributed by atoms with Crippen molar-refractivity contribution in [3.8, 4) is 0 Å². The van der Waals surface area contributed by atoms with Crippen LogP contribution in [-0.2, 0) is 13.0 Å². The Labute approximate surface area is 175 Å². The van der Waals surface area contributed by atoms with Crippen LogP contribution in [0, 0.1) is 13.0 Å². The van der Waals surface area contributed by atoms with E-state index in [1.54, 1.807) is 6.07 Å². The van der Waals surface area contributed by atoms with Crippen molar-refractivity contribution in [2.45, 2.75) is 26.8 Å². The molecule has 0 aliphatic rings. The Morgan fingerprint density at radius 2 is 1.77 bits per heavy atom. The van der Waals surface area contributed by atoms with E-state index in [1.807, 2.05) is 12.1 Å². The van der Waals surface area contributed by atoms with Gasteiger partial charge < -0.3 is 10.3 Å². The summed E-state index contributed by atoms with van der Waals surface area (Å²) >= 11 is 0. The number of aryl methyl sites for hydroxylation is 2. The minimum absolute atomic E-state index is 0.409. The monoisotopic (exact) mass is 391 g/mol. The molecule has 0 aliphatic heterocycles. The third-order valence-electron chi connectivity index (χ3n) is 5.93. The molecule has 1 aromatic heterocycles. The van der Waals surface area contributed by atoms with Crippen LogP contribution in [0.1, 0.15) is 34.0 Å². The zero-order chi connectivity index (χ0) is 20.8. The molecule has 3 nitrogen and oxygen atoms in total. The van der Waals surface area contributed by atoms with E-state index >= 15 is 0 Å². The number of aromatic nitrogens is 1. The molecule has 2 N–H and O–H groups in total. The lowest BCUT2D eigenvalue weighted by atomic mass is 10.0. The van der Waals surface area contributed by atoms with Gasteiger partial charge in [0.15, 0.2) is 0 Å². The fourth-order valence-electron chi connectivity index (χ4n) is 4.37. The number of nitrogens with two attached hydrogens (primary N) is 1. The van der Waals surface area contributed by atoms with Crippen LogP contribution in [0.4, 0.5) is 0 Å². The van der Waals surface area contributed by atoms with E-state index in [-0.39, 0.29) is 0 Å². The molecule has 30 heavy (non-hydrogen) atoms. The van der Waals surface area contributed by atoms with Gasteiger partial charge in [-0.15, -0.1) is 0 Å². The highest BCUT2D eigenvalue weighted by Gasteiger charge is 2.17. The minimum Gasteiger partial charge on any atom is -0.366 e. The van der Waals surface area contributed by atoms with Gasteiger partial charge in [-0.3, -0.25) is 4.79 Å². The van der Waals surface area contributed by atoms with Gasteiger partial charge in [-0.2, -0.15) is 0 Å². The highest BCUT2D eigenvalue weighted by Crippen LogP contribution is 2.33. The molecule has 0 unspecified atom stereocenters. The molecular weight excluding hydrogens is 368 g/mol. The first-order valence-corrected chi connectivity index (χ1v) is 10.3. The lowest BCUT2D eigenvalue weighted by Gasteiger charge is -2.10. The first kappa shape index (κ1) is 18.4. The molecule has 0 spiro atoms. The van der Waals surface area contributed by atoms with Crippen molar-refractivity contribution in [3.05, 3.63) is 95.1 Å². The summed E-state index contributed by atoms with van der Waals surface area (Å²) in [7, 11) is 0. The number of carbonyl (C=O) groups excluding carboxylic acids is 1. The number of nitrogens with zero attached hydrogens (tertiary/aromatic N) is 1. The Morgan fingerprint density at radius 3 is 2.57 bits per heavy atom. The van der Waals surface area contributed by atoms with Gasteiger partial charge in [-0.05, 0) is 65.6 Å². The van der Waals surface area contributed by atoms with Gasteiger partial charge in [-0.25, -0.2) is 0 Å². The predicted molar refractivity (Wildman–Crippen MR) is 124 cm³/mol. The zero-order valence-electron chi connectivity index (χ0n) is 17.2. The van der Waals surface area contributed by atoms with E-state index in [2.05, 4.69) is 73.0 Å². The molecule has 3 heteroatoms.